The fraction of sp³-hybridized carbons (Fsp3) is 1.00. The Kier molecular flexibility index (Phi) is 2.14. The Morgan fingerprint density at radius 2 is 2.18 bits per heavy atom. The van der Waals surface area contributed by atoms with E-state index in [-0.39, 0.29) is 0 Å². The van der Waals surface area contributed by atoms with Crippen LogP contribution < -0.4 is 0 Å². The lowest BCUT2D eigenvalue weighted by atomic mass is 9.86. The Morgan fingerprint density at radius 1 is 1.36 bits per heavy atom. The minimum Gasteiger partial charge on any atom is -0.383 e. The van der Waals surface area contributed by atoms with Gasteiger partial charge in [0.15, 0.2) is 0 Å². The standard InChI is InChI=1S/C9H17NO/c1-11-7-9-5-6-10(9)8-3-2-4-8/h8-9H,2-7H2,1H3/t9-/m0/s1. The van der Waals surface area contributed by atoms with Crippen LogP contribution in [-0.2, 0) is 4.74 Å². The van der Waals surface area contributed by atoms with Crippen LogP contribution in [0.15, 0.2) is 0 Å². The molecule has 0 spiro atoms. The number of ether oxygens (including phenoxy) is 1. The van der Waals surface area contributed by atoms with E-state index in [1.54, 1.807) is 7.11 Å². The molecule has 1 aliphatic carbocycles. The van der Waals surface area contributed by atoms with Crippen LogP contribution in [0.25, 0.3) is 0 Å². The molecule has 1 heterocycles. The van der Waals surface area contributed by atoms with Crippen molar-refractivity contribution in [2.24, 2.45) is 0 Å². The molecule has 1 saturated heterocycles. The van der Waals surface area contributed by atoms with Crippen molar-refractivity contribution in [2.45, 2.75) is 37.8 Å². The Balaban J connectivity index is 1.76. The van der Waals surface area contributed by atoms with Gasteiger partial charge in [-0.25, -0.2) is 0 Å². The lowest BCUT2D eigenvalue weighted by Gasteiger charge is -2.49. The van der Waals surface area contributed by atoms with Crippen molar-refractivity contribution in [3.05, 3.63) is 0 Å². The minimum absolute atomic E-state index is 0.755. The summed E-state index contributed by atoms with van der Waals surface area (Å²) in [6, 6.07) is 1.68. The third-order valence-corrected chi connectivity index (χ3v) is 3.09. The maximum atomic E-state index is 5.15. The molecule has 0 N–H and O–H groups in total. The zero-order valence-electron chi connectivity index (χ0n) is 7.25. The van der Waals surface area contributed by atoms with E-state index in [1.807, 2.05) is 0 Å². The predicted octanol–water partition coefficient (Wildman–Crippen LogP) is 1.26. The first kappa shape index (κ1) is 7.56. The molecule has 0 unspecified atom stereocenters. The van der Waals surface area contributed by atoms with Gasteiger partial charge in [-0.3, -0.25) is 4.90 Å². The summed E-state index contributed by atoms with van der Waals surface area (Å²) in [5.74, 6) is 0. The third-order valence-electron chi connectivity index (χ3n) is 3.09. The summed E-state index contributed by atoms with van der Waals surface area (Å²) in [6.07, 6.45) is 5.66. The van der Waals surface area contributed by atoms with Gasteiger partial charge in [-0.15, -0.1) is 0 Å². The number of hydrogen-bond acceptors (Lipinski definition) is 2. The van der Waals surface area contributed by atoms with E-state index in [4.69, 9.17) is 4.74 Å². The Morgan fingerprint density at radius 3 is 2.55 bits per heavy atom. The van der Waals surface area contributed by atoms with Gasteiger partial charge in [0.25, 0.3) is 0 Å². The summed E-state index contributed by atoms with van der Waals surface area (Å²) in [5.41, 5.74) is 0. The quantitative estimate of drug-likeness (QED) is 0.608. The number of likely N-dealkylation sites (tertiary alicyclic amines) is 1. The number of methoxy groups -OCH3 is 1. The Labute approximate surface area is 68.5 Å². The summed E-state index contributed by atoms with van der Waals surface area (Å²) in [4.78, 5) is 2.62. The van der Waals surface area contributed by atoms with E-state index in [2.05, 4.69) is 4.90 Å². The molecule has 2 fully saturated rings. The highest BCUT2D eigenvalue weighted by Crippen LogP contribution is 2.32. The summed E-state index contributed by atoms with van der Waals surface area (Å²) < 4.78 is 5.15. The molecule has 0 aromatic rings. The van der Waals surface area contributed by atoms with Gasteiger partial charge in [-0.05, 0) is 19.3 Å². The van der Waals surface area contributed by atoms with Crippen LogP contribution in [0.5, 0.6) is 0 Å². The molecular weight excluding hydrogens is 138 g/mol. The van der Waals surface area contributed by atoms with Crippen LogP contribution in [0.1, 0.15) is 25.7 Å². The van der Waals surface area contributed by atoms with Gasteiger partial charge in [0.05, 0.1) is 6.61 Å². The van der Waals surface area contributed by atoms with Gasteiger partial charge >= 0.3 is 0 Å². The van der Waals surface area contributed by atoms with Crippen molar-refractivity contribution in [2.75, 3.05) is 20.3 Å². The van der Waals surface area contributed by atoms with Crippen molar-refractivity contribution in [3.8, 4) is 0 Å². The fourth-order valence-corrected chi connectivity index (χ4v) is 2.03. The van der Waals surface area contributed by atoms with Gasteiger partial charge in [0, 0.05) is 25.7 Å². The number of rotatable bonds is 3. The molecule has 0 aromatic heterocycles. The number of hydrogen-bond donors (Lipinski definition) is 0. The molecule has 2 heteroatoms. The summed E-state index contributed by atoms with van der Waals surface area (Å²) in [7, 11) is 1.80. The fourth-order valence-electron chi connectivity index (χ4n) is 2.03. The SMILES string of the molecule is COC[C@@H]1CCN1C1CCC1. The predicted molar refractivity (Wildman–Crippen MR) is 44.6 cm³/mol. The van der Waals surface area contributed by atoms with Crippen LogP contribution in [0.3, 0.4) is 0 Å². The average Bonchev–Trinajstić information content (AvgIpc) is 1.89. The molecule has 1 atom stereocenters. The van der Waals surface area contributed by atoms with Crippen LogP contribution in [0, 0.1) is 0 Å². The van der Waals surface area contributed by atoms with E-state index in [1.165, 1.54) is 32.2 Å². The minimum atomic E-state index is 0.755. The maximum Gasteiger partial charge on any atom is 0.0618 e. The Bertz CT molecular complexity index is 134. The highest BCUT2D eigenvalue weighted by Gasteiger charge is 2.36. The Hall–Kier alpha value is -0.0800. The molecule has 0 radical (unpaired) electrons. The first-order chi connectivity index (χ1) is 5.42. The average molecular weight is 155 g/mol. The molecular formula is C9H17NO. The summed E-state index contributed by atoms with van der Waals surface area (Å²) in [6.45, 7) is 2.26. The van der Waals surface area contributed by atoms with Gasteiger partial charge in [0.1, 0.15) is 0 Å². The second kappa shape index (κ2) is 3.11. The summed E-state index contributed by atoms with van der Waals surface area (Å²) in [5, 5.41) is 0. The van der Waals surface area contributed by atoms with Gasteiger partial charge in [-0.1, -0.05) is 6.42 Å². The van der Waals surface area contributed by atoms with Gasteiger partial charge in [-0.2, -0.15) is 0 Å². The molecule has 0 bridgehead atoms. The highest BCUT2D eigenvalue weighted by atomic mass is 16.5. The first-order valence-electron chi connectivity index (χ1n) is 4.66. The third kappa shape index (κ3) is 1.30. The van der Waals surface area contributed by atoms with Crippen LogP contribution >= 0.6 is 0 Å². The van der Waals surface area contributed by atoms with Crippen LogP contribution in [-0.4, -0.2) is 37.2 Å². The molecule has 0 aromatic carbocycles. The van der Waals surface area contributed by atoms with Gasteiger partial charge < -0.3 is 4.74 Å². The van der Waals surface area contributed by atoms with Crippen LogP contribution in [0.4, 0.5) is 0 Å². The van der Waals surface area contributed by atoms with E-state index in [9.17, 15) is 0 Å². The van der Waals surface area contributed by atoms with Crippen molar-refractivity contribution in [1.29, 1.82) is 0 Å². The molecule has 2 rings (SSSR count). The van der Waals surface area contributed by atoms with E-state index >= 15 is 0 Å². The van der Waals surface area contributed by atoms with Crippen molar-refractivity contribution in [3.63, 3.8) is 0 Å². The topological polar surface area (TPSA) is 12.5 Å². The molecule has 2 nitrogen and oxygen atoms in total. The maximum absolute atomic E-state index is 5.15. The summed E-state index contributed by atoms with van der Waals surface area (Å²) >= 11 is 0. The van der Waals surface area contributed by atoms with Crippen molar-refractivity contribution < 1.29 is 4.74 Å². The van der Waals surface area contributed by atoms with E-state index < -0.39 is 0 Å². The largest absolute Gasteiger partial charge is 0.383 e. The smallest absolute Gasteiger partial charge is 0.0618 e. The lowest BCUT2D eigenvalue weighted by molar-refractivity contribution is -0.0315. The normalized spacial score (nSPS) is 33.0. The van der Waals surface area contributed by atoms with E-state index in [0.717, 1.165) is 18.7 Å². The monoisotopic (exact) mass is 155 g/mol. The lowest BCUT2D eigenvalue weighted by Crippen LogP contribution is -2.57. The van der Waals surface area contributed by atoms with Gasteiger partial charge in [0.2, 0.25) is 0 Å². The molecule has 2 aliphatic rings. The second-order valence-corrected chi connectivity index (χ2v) is 3.72. The molecule has 11 heavy (non-hydrogen) atoms. The first-order valence-corrected chi connectivity index (χ1v) is 4.66. The zero-order valence-corrected chi connectivity index (χ0v) is 7.25. The van der Waals surface area contributed by atoms with E-state index in [0.29, 0.717) is 0 Å². The molecule has 1 aliphatic heterocycles. The number of nitrogens with zero attached hydrogens (tertiary/aromatic N) is 1. The molecule has 1 saturated carbocycles. The van der Waals surface area contributed by atoms with Crippen molar-refractivity contribution in [1.82, 2.24) is 4.90 Å². The molecule has 64 valence electrons. The second-order valence-electron chi connectivity index (χ2n) is 3.72. The zero-order chi connectivity index (χ0) is 7.68. The molecule has 0 amide bonds. The highest BCUT2D eigenvalue weighted by molar-refractivity contribution is 4.91. The van der Waals surface area contributed by atoms with Crippen molar-refractivity contribution >= 4 is 0 Å². The van der Waals surface area contributed by atoms with Crippen LogP contribution in [0.2, 0.25) is 0 Å².